The molecule has 0 aliphatic carbocycles. The van der Waals surface area contributed by atoms with E-state index in [2.05, 4.69) is 38.0 Å². The maximum absolute atomic E-state index is 5.47. The van der Waals surface area contributed by atoms with Crippen LogP contribution in [-0.4, -0.2) is 71.0 Å². The number of rotatable bonds is 11. The van der Waals surface area contributed by atoms with Crippen LogP contribution < -0.4 is 10.6 Å². The van der Waals surface area contributed by atoms with Gasteiger partial charge >= 0.3 is 0 Å². The van der Waals surface area contributed by atoms with Gasteiger partial charge in [-0.1, -0.05) is 6.07 Å². The third-order valence-electron chi connectivity index (χ3n) is 4.33. The minimum atomic E-state index is 0. The first-order chi connectivity index (χ1) is 12.3. The summed E-state index contributed by atoms with van der Waals surface area (Å²) in [4.78, 5) is 8.34. The molecule has 8 heteroatoms. The van der Waals surface area contributed by atoms with Crippen molar-refractivity contribution in [2.45, 2.75) is 25.3 Å². The first-order valence-corrected chi connectivity index (χ1v) is 10.0. The van der Waals surface area contributed by atoms with Gasteiger partial charge in [0.05, 0.1) is 19.3 Å². The monoisotopic (exact) mass is 496 g/mol. The Labute approximate surface area is 178 Å². The molecule has 1 aromatic rings. The second-order valence-electron chi connectivity index (χ2n) is 6.11. The van der Waals surface area contributed by atoms with Crippen LogP contribution in [0, 0.1) is 0 Å². The highest BCUT2D eigenvalue weighted by atomic mass is 127. The first kappa shape index (κ1) is 23.6. The molecular formula is C18H33IN4O2S. The lowest BCUT2D eigenvalue weighted by molar-refractivity contribution is 0.0698. The SMILES string of the molecule is CN=C(NCCCOCCOC)NCC(c1cccs1)N1CCCC1.I. The molecule has 26 heavy (non-hydrogen) atoms. The van der Waals surface area contributed by atoms with E-state index in [1.807, 2.05) is 18.4 Å². The summed E-state index contributed by atoms with van der Waals surface area (Å²) in [6.07, 6.45) is 3.56. The van der Waals surface area contributed by atoms with Crippen LogP contribution in [-0.2, 0) is 9.47 Å². The number of thiophene rings is 1. The van der Waals surface area contributed by atoms with Crippen LogP contribution in [0.2, 0.25) is 0 Å². The first-order valence-electron chi connectivity index (χ1n) is 9.13. The van der Waals surface area contributed by atoms with Gasteiger partial charge in [-0.2, -0.15) is 0 Å². The van der Waals surface area contributed by atoms with Gasteiger partial charge in [-0.15, -0.1) is 35.3 Å². The van der Waals surface area contributed by atoms with Crippen molar-refractivity contribution in [2.24, 2.45) is 4.99 Å². The number of methoxy groups -OCH3 is 1. The van der Waals surface area contributed by atoms with Gasteiger partial charge in [0.1, 0.15) is 0 Å². The average Bonchev–Trinajstić information content (AvgIpc) is 3.33. The number of hydrogen-bond acceptors (Lipinski definition) is 5. The lowest BCUT2D eigenvalue weighted by atomic mass is 10.2. The van der Waals surface area contributed by atoms with E-state index in [1.54, 1.807) is 7.11 Å². The maximum Gasteiger partial charge on any atom is 0.191 e. The van der Waals surface area contributed by atoms with E-state index >= 15 is 0 Å². The number of likely N-dealkylation sites (tertiary alicyclic amines) is 1. The second kappa shape index (κ2) is 14.6. The zero-order valence-corrected chi connectivity index (χ0v) is 19.1. The Hall–Kier alpha value is -0.420. The second-order valence-corrected chi connectivity index (χ2v) is 7.09. The summed E-state index contributed by atoms with van der Waals surface area (Å²) in [5.74, 6) is 0.859. The number of nitrogens with zero attached hydrogens (tertiary/aromatic N) is 2. The van der Waals surface area contributed by atoms with Crippen LogP contribution in [0.4, 0.5) is 0 Å². The van der Waals surface area contributed by atoms with Crippen molar-refractivity contribution in [3.63, 3.8) is 0 Å². The normalized spacial score (nSPS) is 16.3. The summed E-state index contributed by atoms with van der Waals surface area (Å²) in [7, 11) is 3.51. The minimum Gasteiger partial charge on any atom is -0.382 e. The molecule has 1 saturated heterocycles. The van der Waals surface area contributed by atoms with E-state index in [0.717, 1.165) is 32.1 Å². The summed E-state index contributed by atoms with van der Waals surface area (Å²) in [5.41, 5.74) is 0. The molecule has 2 rings (SSSR count). The average molecular weight is 496 g/mol. The number of guanidine groups is 1. The fourth-order valence-corrected chi connectivity index (χ4v) is 3.84. The number of hydrogen-bond donors (Lipinski definition) is 2. The minimum absolute atomic E-state index is 0. The molecule has 1 aliphatic heterocycles. The quantitative estimate of drug-likeness (QED) is 0.214. The fraction of sp³-hybridized carbons (Fsp3) is 0.722. The molecule has 0 bridgehead atoms. The molecule has 1 aromatic heterocycles. The number of ether oxygens (including phenoxy) is 2. The van der Waals surface area contributed by atoms with Crippen molar-refractivity contribution < 1.29 is 9.47 Å². The Morgan fingerprint density at radius 1 is 1.27 bits per heavy atom. The van der Waals surface area contributed by atoms with Crippen molar-refractivity contribution in [2.75, 3.05) is 60.2 Å². The van der Waals surface area contributed by atoms with E-state index in [4.69, 9.17) is 9.47 Å². The largest absolute Gasteiger partial charge is 0.382 e. The van der Waals surface area contributed by atoms with Crippen molar-refractivity contribution in [1.29, 1.82) is 0 Å². The molecule has 0 radical (unpaired) electrons. The Kier molecular flexibility index (Phi) is 13.3. The van der Waals surface area contributed by atoms with Gasteiger partial charge in [0.25, 0.3) is 0 Å². The number of halogens is 1. The van der Waals surface area contributed by atoms with Gasteiger partial charge in [-0.25, -0.2) is 0 Å². The predicted octanol–water partition coefficient (Wildman–Crippen LogP) is 2.72. The Balaban J connectivity index is 0.00000338. The lowest BCUT2D eigenvalue weighted by Gasteiger charge is -2.27. The van der Waals surface area contributed by atoms with Gasteiger partial charge in [-0.3, -0.25) is 9.89 Å². The highest BCUT2D eigenvalue weighted by molar-refractivity contribution is 14.0. The van der Waals surface area contributed by atoms with Crippen LogP contribution >= 0.6 is 35.3 Å². The van der Waals surface area contributed by atoms with Crippen molar-refractivity contribution in [1.82, 2.24) is 15.5 Å². The zero-order valence-electron chi connectivity index (χ0n) is 15.9. The van der Waals surface area contributed by atoms with Crippen LogP contribution in [0.3, 0.4) is 0 Å². The maximum atomic E-state index is 5.47. The zero-order chi connectivity index (χ0) is 17.7. The molecule has 0 saturated carbocycles. The summed E-state index contributed by atoms with van der Waals surface area (Å²) in [6.45, 7) is 6.15. The third kappa shape index (κ3) is 8.51. The molecule has 0 aromatic carbocycles. The highest BCUT2D eigenvalue weighted by Gasteiger charge is 2.24. The van der Waals surface area contributed by atoms with Crippen LogP contribution in [0.15, 0.2) is 22.5 Å². The predicted molar refractivity (Wildman–Crippen MR) is 120 cm³/mol. The van der Waals surface area contributed by atoms with E-state index in [1.165, 1.54) is 30.8 Å². The molecular weight excluding hydrogens is 463 g/mol. The molecule has 1 fully saturated rings. The van der Waals surface area contributed by atoms with Gasteiger partial charge in [0, 0.05) is 38.7 Å². The number of aliphatic imine (C=N–C) groups is 1. The van der Waals surface area contributed by atoms with E-state index in [-0.39, 0.29) is 24.0 Å². The van der Waals surface area contributed by atoms with Crippen LogP contribution in [0.1, 0.15) is 30.2 Å². The molecule has 1 unspecified atom stereocenters. The van der Waals surface area contributed by atoms with Crippen molar-refractivity contribution >= 4 is 41.3 Å². The van der Waals surface area contributed by atoms with Gasteiger partial charge in [0.15, 0.2) is 5.96 Å². The van der Waals surface area contributed by atoms with Crippen LogP contribution in [0.5, 0.6) is 0 Å². The Morgan fingerprint density at radius 2 is 2.08 bits per heavy atom. The summed E-state index contributed by atoms with van der Waals surface area (Å²) < 4.78 is 10.4. The van der Waals surface area contributed by atoms with Crippen LogP contribution in [0.25, 0.3) is 0 Å². The molecule has 150 valence electrons. The molecule has 6 nitrogen and oxygen atoms in total. The van der Waals surface area contributed by atoms with E-state index in [0.29, 0.717) is 19.3 Å². The fourth-order valence-electron chi connectivity index (χ4n) is 2.98. The van der Waals surface area contributed by atoms with E-state index in [9.17, 15) is 0 Å². The summed E-state index contributed by atoms with van der Waals surface area (Å²) >= 11 is 1.84. The summed E-state index contributed by atoms with van der Waals surface area (Å²) in [5, 5.41) is 9.01. The van der Waals surface area contributed by atoms with E-state index < -0.39 is 0 Å². The summed E-state index contributed by atoms with van der Waals surface area (Å²) in [6, 6.07) is 4.81. The third-order valence-corrected chi connectivity index (χ3v) is 5.30. The topological polar surface area (TPSA) is 58.1 Å². The van der Waals surface area contributed by atoms with Crippen molar-refractivity contribution in [3.8, 4) is 0 Å². The number of nitrogens with one attached hydrogen (secondary N) is 2. The molecule has 2 N–H and O–H groups in total. The smallest absolute Gasteiger partial charge is 0.191 e. The standard InChI is InChI=1S/C18H32N4O2S.HI/c1-19-18(20-8-6-11-24-13-12-23-2)21-15-16(17-7-5-14-25-17)22-9-3-4-10-22;/h5,7,14,16H,3-4,6,8-13,15H2,1-2H3,(H2,19,20,21);1H. The van der Waals surface area contributed by atoms with Gasteiger partial charge in [0.2, 0.25) is 0 Å². The molecule has 1 aliphatic rings. The Bertz CT molecular complexity index is 482. The molecule has 0 spiro atoms. The highest BCUT2D eigenvalue weighted by Crippen LogP contribution is 2.27. The Morgan fingerprint density at radius 3 is 2.73 bits per heavy atom. The molecule has 0 amide bonds. The molecule has 1 atom stereocenters. The molecule has 2 heterocycles. The van der Waals surface area contributed by atoms with Crippen molar-refractivity contribution in [3.05, 3.63) is 22.4 Å². The lowest BCUT2D eigenvalue weighted by Crippen LogP contribution is -2.42. The van der Waals surface area contributed by atoms with Gasteiger partial charge in [-0.05, 0) is 43.8 Å². The van der Waals surface area contributed by atoms with Gasteiger partial charge < -0.3 is 20.1 Å².